The molecule has 0 unspecified atom stereocenters. The van der Waals surface area contributed by atoms with E-state index >= 15 is 0 Å². The second kappa shape index (κ2) is 8.03. The van der Waals surface area contributed by atoms with Crippen molar-refractivity contribution in [3.8, 4) is 0 Å². The Morgan fingerprint density at radius 2 is 1.96 bits per heavy atom. The number of nitrogens with zero attached hydrogens (tertiary/aromatic N) is 3. The largest absolute Gasteiger partial charge is 0.340 e. The molecule has 0 bridgehead atoms. The summed E-state index contributed by atoms with van der Waals surface area (Å²) in [7, 11) is -3.25. The third-order valence-corrected chi connectivity index (χ3v) is 8.35. The summed E-state index contributed by atoms with van der Waals surface area (Å²) in [4.78, 5) is 17.6. The van der Waals surface area contributed by atoms with Gasteiger partial charge in [-0.25, -0.2) is 13.4 Å². The summed E-state index contributed by atoms with van der Waals surface area (Å²) in [5, 5.41) is 0. The number of rotatable bonds is 6. The van der Waals surface area contributed by atoms with E-state index in [2.05, 4.69) is 4.98 Å². The molecule has 1 saturated heterocycles. The van der Waals surface area contributed by atoms with Gasteiger partial charge in [0, 0.05) is 38.9 Å². The molecule has 0 aliphatic carbocycles. The Labute approximate surface area is 156 Å². The summed E-state index contributed by atoms with van der Waals surface area (Å²) >= 11 is 3.25. The van der Waals surface area contributed by atoms with Gasteiger partial charge in [-0.1, -0.05) is 23.9 Å². The van der Waals surface area contributed by atoms with Gasteiger partial charge in [0.1, 0.15) is 0 Å². The van der Waals surface area contributed by atoms with Gasteiger partial charge < -0.3 is 4.90 Å². The first-order valence-electron chi connectivity index (χ1n) is 8.17. The summed E-state index contributed by atoms with van der Waals surface area (Å²) in [6.45, 7) is 3.27. The number of carbonyl (C=O) groups excluding carboxylic acids is 1. The van der Waals surface area contributed by atoms with Crippen LogP contribution in [0.15, 0.2) is 28.6 Å². The highest BCUT2D eigenvalue weighted by Crippen LogP contribution is 2.29. The molecule has 136 valence electrons. The molecule has 1 aliphatic heterocycles. The number of fused-ring (bicyclic) bond motifs is 1. The van der Waals surface area contributed by atoms with Gasteiger partial charge in [0.25, 0.3) is 0 Å². The molecule has 1 aliphatic rings. The number of sulfonamides is 1. The highest BCUT2D eigenvalue weighted by atomic mass is 32.2. The van der Waals surface area contributed by atoms with Crippen molar-refractivity contribution in [2.24, 2.45) is 0 Å². The van der Waals surface area contributed by atoms with E-state index in [1.54, 1.807) is 28.0 Å². The van der Waals surface area contributed by atoms with Crippen molar-refractivity contribution in [3.05, 3.63) is 24.3 Å². The molecular weight excluding hydrogens is 378 g/mol. The Morgan fingerprint density at radius 1 is 1.24 bits per heavy atom. The van der Waals surface area contributed by atoms with E-state index in [0.717, 1.165) is 20.3 Å². The SMILES string of the molecule is CC(=O)N1CCN(S(=O)(=O)CCCSc2nc3ccccc3s2)CC1. The van der Waals surface area contributed by atoms with Crippen LogP contribution in [-0.4, -0.2) is 66.2 Å². The molecule has 0 spiro atoms. The Morgan fingerprint density at radius 3 is 2.64 bits per heavy atom. The summed E-state index contributed by atoms with van der Waals surface area (Å²) in [6, 6.07) is 7.99. The molecule has 0 N–H and O–H groups in total. The summed E-state index contributed by atoms with van der Waals surface area (Å²) in [5.74, 6) is 0.876. The second-order valence-corrected chi connectivity index (χ2v) is 10.3. The molecule has 6 nitrogen and oxygen atoms in total. The third kappa shape index (κ3) is 4.72. The Kier molecular flexibility index (Phi) is 5.98. The van der Waals surface area contributed by atoms with Crippen molar-refractivity contribution in [2.45, 2.75) is 17.7 Å². The lowest BCUT2D eigenvalue weighted by Crippen LogP contribution is -2.50. The molecule has 3 rings (SSSR count). The number of aromatic nitrogens is 1. The first-order chi connectivity index (χ1) is 12.0. The first-order valence-corrected chi connectivity index (χ1v) is 11.6. The number of benzene rings is 1. The summed E-state index contributed by atoms with van der Waals surface area (Å²) < 4.78 is 28.5. The quantitative estimate of drug-likeness (QED) is 0.550. The smallest absolute Gasteiger partial charge is 0.219 e. The monoisotopic (exact) mass is 399 g/mol. The molecule has 0 atom stereocenters. The predicted molar refractivity (Wildman–Crippen MR) is 103 cm³/mol. The minimum atomic E-state index is -3.25. The molecule has 2 heterocycles. The van der Waals surface area contributed by atoms with E-state index in [4.69, 9.17) is 0 Å². The zero-order valence-electron chi connectivity index (χ0n) is 14.1. The minimum absolute atomic E-state index is 0.00397. The lowest BCUT2D eigenvalue weighted by atomic mass is 10.3. The van der Waals surface area contributed by atoms with Crippen molar-refractivity contribution < 1.29 is 13.2 Å². The molecule has 1 amide bonds. The van der Waals surface area contributed by atoms with Crippen LogP contribution in [-0.2, 0) is 14.8 Å². The molecule has 1 aromatic carbocycles. The van der Waals surface area contributed by atoms with Crippen molar-refractivity contribution in [3.63, 3.8) is 0 Å². The number of hydrogen-bond acceptors (Lipinski definition) is 6. The number of amides is 1. The van der Waals surface area contributed by atoms with Gasteiger partial charge in [0.2, 0.25) is 15.9 Å². The van der Waals surface area contributed by atoms with Crippen LogP contribution in [0.5, 0.6) is 0 Å². The van der Waals surface area contributed by atoms with Crippen LogP contribution >= 0.6 is 23.1 Å². The fraction of sp³-hybridized carbons (Fsp3) is 0.500. The fourth-order valence-electron chi connectivity index (χ4n) is 2.72. The van der Waals surface area contributed by atoms with Crippen molar-refractivity contribution in [2.75, 3.05) is 37.7 Å². The van der Waals surface area contributed by atoms with Crippen LogP contribution in [0.3, 0.4) is 0 Å². The summed E-state index contributed by atoms with van der Waals surface area (Å²) in [6.07, 6.45) is 0.593. The maximum absolute atomic E-state index is 12.4. The highest BCUT2D eigenvalue weighted by molar-refractivity contribution is 8.01. The average molecular weight is 400 g/mol. The van der Waals surface area contributed by atoms with Gasteiger partial charge in [-0.15, -0.1) is 11.3 Å². The maximum Gasteiger partial charge on any atom is 0.219 e. The molecule has 1 fully saturated rings. The number of thiazole rings is 1. The van der Waals surface area contributed by atoms with Crippen LogP contribution in [0, 0.1) is 0 Å². The third-order valence-electron chi connectivity index (χ3n) is 4.12. The van der Waals surface area contributed by atoms with Gasteiger partial charge in [-0.3, -0.25) is 4.79 Å². The maximum atomic E-state index is 12.4. The van der Waals surface area contributed by atoms with Crippen LogP contribution in [0.2, 0.25) is 0 Å². The van der Waals surface area contributed by atoms with E-state index in [1.165, 1.54) is 11.2 Å². The standard InChI is InChI=1S/C16H21N3O3S3/c1-13(20)18-7-9-19(10-8-18)25(21,22)12-4-11-23-16-17-14-5-2-3-6-15(14)24-16/h2-3,5-6H,4,7-12H2,1H3. The molecule has 2 aromatic rings. The highest BCUT2D eigenvalue weighted by Gasteiger charge is 2.27. The number of hydrogen-bond donors (Lipinski definition) is 0. The number of piperazine rings is 1. The number of carbonyl (C=O) groups is 1. The van der Waals surface area contributed by atoms with Gasteiger partial charge in [-0.2, -0.15) is 4.31 Å². The van der Waals surface area contributed by atoms with Crippen LogP contribution in [0.25, 0.3) is 10.2 Å². The van der Waals surface area contributed by atoms with Crippen LogP contribution in [0.4, 0.5) is 0 Å². The van der Waals surface area contributed by atoms with E-state index in [-0.39, 0.29) is 11.7 Å². The normalized spacial score (nSPS) is 16.4. The van der Waals surface area contributed by atoms with Gasteiger partial charge in [0.15, 0.2) is 4.34 Å². The average Bonchev–Trinajstić information content (AvgIpc) is 3.01. The van der Waals surface area contributed by atoms with Crippen LogP contribution < -0.4 is 0 Å². The predicted octanol–water partition coefficient (Wildman–Crippen LogP) is 2.27. The van der Waals surface area contributed by atoms with Crippen molar-refractivity contribution >= 4 is 49.2 Å². The zero-order valence-corrected chi connectivity index (χ0v) is 16.5. The Hall–Kier alpha value is -1.16. The first kappa shape index (κ1) is 18.6. The number of thioether (sulfide) groups is 1. The van der Waals surface area contributed by atoms with E-state index in [1.807, 2.05) is 24.3 Å². The van der Waals surface area contributed by atoms with Crippen molar-refractivity contribution in [1.29, 1.82) is 0 Å². The van der Waals surface area contributed by atoms with Gasteiger partial charge in [0.05, 0.1) is 16.0 Å². The van der Waals surface area contributed by atoms with E-state index < -0.39 is 10.0 Å². The fourth-order valence-corrected chi connectivity index (χ4v) is 6.47. The minimum Gasteiger partial charge on any atom is -0.340 e. The second-order valence-electron chi connectivity index (χ2n) is 5.87. The Bertz CT molecular complexity index is 809. The molecule has 9 heteroatoms. The van der Waals surface area contributed by atoms with E-state index in [9.17, 15) is 13.2 Å². The molecule has 0 saturated carbocycles. The molecule has 25 heavy (non-hydrogen) atoms. The Balaban J connectivity index is 1.45. The lowest BCUT2D eigenvalue weighted by molar-refractivity contribution is -0.129. The molecule has 1 aromatic heterocycles. The molecular formula is C16H21N3O3S3. The van der Waals surface area contributed by atoms with E-state index in [0.29, 0.717) is 32.6 Å². The van der Waals surface area contributed by atoms with Crippen LogP contribution in [0.1, 0.15) is 13.3 Å². The summed E-state index contributed by atoms with van der Waals surface area (Å²) in [5.41, 5.74) is 0.992. The number of para-hydroxylation sites is 1. The van der Waals surface area contributed by atoms with Gasteiger partial charge in [-0.05, 0) is 18.6 Å². The van der Waals surface area contributed by atoms with Crippen molar-refractivity contribution in [1.82, 2.24) is 14.2 Å². The lowest BCUT2D eigenvalue weighted by Gasteiger charge is -2.33. The molecule has 0 radical (unpaired) electrons. The zero-order chi connectivity index (χ0) is 17.9. The topological polar surface area (TPSA) is 70.6 Å². The van der Waals surface area contributed by atoms with Gasteiger partial charge >= 0.3 is 0 Å².